The zero-order valence-electron chi connectivity index (χ0n) is 13.6. The number of likely N-dealkylation sites (tertiary alicyclic amines) is 1. The predicted octanol–water partition coefficient (Wildman–Crippen LogP) is 2.08. The van der Waals surface area contributed by atoms with Gasteiger partial charge >= 0.3 is 5.97 Å². The van der Waals surface area contributed by atoms with Gasteiger partial charge in [-0.2, -0.15) is 0 Å². The largest absolute Gasteiger partial charge is 0.494 e. The van der Waals surface area contributed by atoms with E-state index in [0.29, 0.717) is 18.4 Å². The Morgan fingerprint density at radius 1 is 1.35 bits per heavy atom. The van der Waals surface area contributed by atoms with Gasteiger partial charge in [0.15, 0.2) is 0 Å². The van der Waals surface area contributed by atoms with Crippen LogP contribution in [0.3, 0.4) is 0 Å². The second kappa shape index (κ2) is 8.84. The average molecular weight is 324 g/mol. The van der Waals surface area contributed by atoms with Crippen molar-refractivity contribution in [1.29, 1.82) is 0 Å². The molecule has 5 nitrogen and oxygen atoms in total. The zero-order valence-corrected chi connectivity index (χ0v) is 13.6. The summed E-state index contributed by atoms with van der Waals surface area (Å²) >= 11 is 0. The number of piperidine rings is 1. The van der Waals surface area contributed by atoms with E-state index in [0.717, 1.165) is 38.9 Å². The van der Waals surface area contributed by atoms with Crippen LogP contribution in [0, 0.1) is 5.82 Å². The summed E-state index contributed by atoms with van der Waals surface area (Å²) in [6, 6.07) is 6.43. The maximum atomic E-state index is 12.8. The van der Waals surface area contributed by atoms with Crippen molar-refractivity contribution in [3.63, 3.8) is 0 Å². The van der Waals surface area contributed by atoms with Crippen molar-refractivity contribution in [2.24, 2.45) is 0 Å². The SMILES string of the molecule is CN(CC(=O)O)C1CCN(CCCOc2ccc(F)cc2)CC1. The number of aliphatic carboxylic acids is 1. The third-order valence-corrected chi connectivity index (χ3v) is 4.27. The van der Waals surface area contributed by atoms with Crippen LogP contribution in [0.5, 0.6) is 5.75 Å². The van der Waals surface area contributed by atoms with Crippen LogP contribution in [0.1, 0.15) is 19.3 Å². The first-order valence-electron chi connectivity index (χ1n) is 8.07. The Morgan fingerprint density at radius 3 is 2.61 bits per heavy atom. The molecule has 0 amide bonds. The lowest BCUT2D eigenvalue weighted by Crippen LogP contribution is -2.45. The molecule has 1 aromatic rings. The Balaban J connectivity index is 1.59. The minimum Gasteiger partial charge on any atom is -0.494 e. The minimum atomic E-state index is -0.770. The van der Waals surface area contributed by atoms with Crippen LogP contribution >= 0.6 is 0 Å². The van der Waals surface area contributed by atoms with Gasteiger partial charge in [0.25, 0.3) is 0 Å². The Hall–Kier alpha value is -1.66. The number of carboxylic acids is 1. The Bertz CT molecular complexity index is 487. The molecule has 0 atom stereocenters. The number of rotatable bonds is 8. The molecule has 1 N–H and O–H groups in total. The molecule has 128 valence electrons. The molecule has 0 aliphatic carbocycles. The highest BCUT2D eigenvalue weighted by molar-refractivity contribution is 5.69. The third-order valence-electron chi connectivity index (χ3n) is 4.27. The standard InChI is InChI=1S/C17H25FN2O3/c1-19(13-17(21)22)15-7-10-20(11-8-15)9-2-12-23-16-5-3-14(18)4-6-16/h3-6,15H,2,7-13H2,1H3,(H,21,22). The molecule has 2 rings (SSSR count). The highest BCUT2D eigenvalue weighted by atomic mass is 19.1. The van der Waals surface area contributed by atoms with Gasteiger partial charge in [-0.1, -0.05) is 0 Å². The van der Waals surface area contributed by atoms with E-state index in [2.05, 4.69) is 4.90 Å². The van der Waals surface area contributed by atoms with Gasteiger partial charge in [0.1, 0.15) is 11.6 Å². The van der Waals surface area contributed by atoms with Gasteiger partial charge in [0, 0.05) is 12.6 Å². The van der Waals surface area contributed by atoms with Crippen molar-refractivity contribution < 1.29 is 19.0 Å². The van der Waals surface area contributed by atoms with E-state index in [1.807, 2.05) is 11.9 Å². The molecule has 0 spiro atoms. The van der Waals surface area contributed by atoms with Crippen LogP contribution in [0.25, 0.3) is 0 Å². The zero-order chi connectivity index (χ0) is 16.7. The number of hydrogen-bond acceptors (Lipinski definition) is 4. The molecule has 1 aromatic carbocycles. The smallest absolute Gasteiger partial charge is 0.317 e. The summed E-state index contributed by atoms with van der Waals surface area (Å²) in [6.07, 6.45) is 2.93. The molecule has 1 aliphatic rings. The van der Waals surface area contributed by atoms with E-state index >= 15 is 0 Å². The van der Waals surface area contributed by atoms with Gasteiger partial charge in [-0.3, -0.25) is 9.69 Å². The van der Waals surface area contributed by atoms with E-state index in [1.165, 1.54) is 12.1 Å². The number of likely N-dealkylation sites (N-methyl/N-ethyl adjacent to an activating group) is 1. The van der Waals surface area contributed by atoms with E-state index in [-0.39, 0.29) is 12.4 Å². The molecule has 1 saturated heterocycles. The molecule has 0 radical (unpaired) electrons. The summed E-state index contributed by atoms with van der Waals surface area (Å²) in [7, 11) is 1.88. The molecule has 0 bridgehead atoms. The molecule has 23 heavy (non-hydrogen) atoms. The minimum absolute atomic E-state index is 0.107. The molecule has 0 aromatic heterocycles. The predicted molar refractivity (Wildman–Crippen MR) is 86.2 cm³/mol. The molecule has 0 unspecified atom stereocenters. The lowest BCUT2D eigenvalue weighted by Gasteiger charge is -2.36. The van der Waals surface area contributed by atoms with Crippen molar-refractivity contribution in [3.8, 4) is 5.75 Å². The summed E-state index contributed by atoms with van der Waals surface area (Å²) in [6.45, 7) is 3.67. The lowest BCUT2D eigenvalue weighted by atomic mass is 10.0. The first-order valence-corrected chi connectivity index (χ1v) is 8.07. The Kier molecular flexibility index (Phi) is 6.80. The number of hydrogen-bond donors (Lipinski definition) is 1. The summed E-state index contributed by atoms with van der Waals surface area (Å²) in [5.74, 6) is -0.332. The van der Waals surface area contributed by atoms with Crippen molar-refractivity contribution in [3.05, 3.63) is 30.1 Å². The van der Waals surface area contributed by atoms with Crippen molar-refractivity contribution in [2.75, 3.05) is 39.8 Å². The van der Waals surface area contributed by atoms with E-state index in [4.69, 9.17) is 9.84 Å². The van der Waals surface area contributed by atoms with Gasteiger partial charge < -0.3 is 14.7 Å². The molecule has 0 saturated carbocycles. The van der Waals surface area contributed by atoms with Crippen LogP contribution in [0.2, 0.25) is 0 Å². The van der Waals surface area contributed by atoms with Gasteiger partial charge in [-0.05, 0) is 63.7 Å². The monoisotopic (exact) mass is 324 g/mol. The Morgan fingerprint density at radius 2 is 2.00 bits per heavy atom. The summed E-state index contributed by atoms with van der Waals surface area (Å²) in [4.78, 5) is 15.1. The fraction of sp³-hybridized carbons (Fsp3) is 0.588. The number of ether oxygens (including phenoxy) is 1. The maximum absolute atomic E-state index is 12.8. The van der Waals surface area contributed by atoms with Crippen molar-refractivity contribution >= 4 is 5.97 Å². The fourth-order valence-corrected chi connectivity index (χ4v) is 2.94. The first-order chi connectivity index (χ1) is 11.0. The van der Waals surface area contributed by atoms with E-state index in [1.54, 1.807) is 12.1 Å². The van der Waals surface area contributed by atoms with Crippen LogP contribution in [-0.2, 0) is 4.79 Å². The molecular weight excluding hydrogens is 299 g/mol. The number of benzene rings is 1. The lowest BCUT2D eigenvalue weighted by molar-refractivity contribution is -0.138. The van der Waals surface area contributed by atoms with Crippen molar-refractivity contribution in [2.45, 2.75) is 25.3 Å². The fourth-order valence-electron chi connectivity index (χ4n) is 2.94. The quantitative estimate of drug-likeness (QED) is 0.742. The normalized spacial score (nSPS) is 16.7. The number of nitrogens with zero attached hydrogens (tertiary/aromatic N) is 2. The molecule has 1 heterocycles. The molecule has 1 aliphatic heterocycles. The topological polar surface area (TPSA) is 53.0 Å². The molecule has 6 heteroatoms. The number of halogens is 1. The van der Waals surface area contributed by atoms with Crippen LogP contribution in [-0.4, -0.2) is 66.8 Å². The summed E-state index contributed by atoms with van der Waals surface area (Å²) < 4.78 is 18.4. The first kappa shape index (κ1) is 17.7. The van der Waals surface area contributed by atoms with E-state index < -0.39 is 5.97 Å². The van der Waals surface area contributed by atoms with Crippen LogP contribution in [0.4, 0.5) is 4.39 Å². The van der Waals surface area contributed by atoms with Gasteiger partial charge in [-0.25, -0.2) is 4.39 Å². The second-order valence-corrected chi connectivity index (χ2v) is 6.04. The summed E-state index contributed by atoms with van der Waals surface area (Å²) in [5.41, 5.74) is 0. The van der Waals surface area contributed by atoms with Gasteiger partial charge in [-0.15, -0.1) is 0 Å². The summed E-state index contributed by atoms with van der Waals surface area (Å²) in [5, 5.41) is 8.83. The highest BCUT2D eigenvalue weighted by Crippen LogP contribution is 2.16. The molecular formula is C17H25FN2O3. The average Bonchev–Trinajstić information content (AvgIpc) is 2.53. The number of carboxylic acid groups (broad SMARTS) is 1. The van der Waals surface area contributed by atoms with Gasteiger partial charge in [0.05, 0.1) is 13.2 Å². The van der Waals surface area contributed by atoms with Crippen molar-refractivity contribution in [1.82, 2.24) is 9.80 Å². The second-order valence-electron chi connectivity index (χ2n) is 6.04. The van der Waals surface area contributed by atoms with Crippen LogP contribution in [0.15, 0.2) is 24.3 Å². The highest BCUT2D eigenvalue weighted by Gasteiger charge is 2.23. The van der Waals surface area contributed by atoms with Gasteiger partial charge in [0.2, 0.25) is 0 Å². The maximum Gasteiger partial charge on any atom is 0.317 e. The molecule has 1 fully saturated rings. The third kappa shape index (κ3) is 6.15. The Labute approximate surface area is 136 Å². The number of carbonyl (C=O) groups is 1. The van der Waals surface area contributed by atoms with E-state index in [9.17, 15) is 9.18 Å². The van der Waals surface area contributed by atoms with Crippen LogP contribution < -0.4 is 4.74 Å².